The standard InChI is InChI=1S/C13H21F3N2O/c14-13(15,16)10-6-4-9(5-7-10)12(18-17)11-3-1-2-8-19-11/h3,9-10,12,18H,1-2,4-8,17H2. The Bertz CT molecular complexity index is 322. The molecule has 0 aromatic rings. The van der Waals surface area contributed by atoms with Crippen LogP contribution in [0.4, 0.5) is 13.2 Å². The summed E-state index contributed by atoms with van der Waals surface area (Å²) in [6.45, 7) is 0.669. The number of halogens is 3. The molecule has 1 unspecified atom stereocenters. The number of nitrogens with two attached hydrogens (primary N) is 1. The van der Waals surface area contributed by atoms with Crippen LogP contribution in [0.15, 0.2) is 11.8 Å². The van der Waals surface area contributed by atoms with Gasteiger partial charge in [-0.1, -0.05) is 0 Å². The van der Waals surface area contributed by atoms with E-state index < -0.39 is 12.1 Å². The molecule has 1 heterocycles. The number of hydrogen-bond donors (Lipinski definition) is 2. The van der Waals surface area contributed by atoms with Gasteiger partial charge in [-0.05, 0) is 50.5 Å². The summed E-state index contributed by atoms with van der Waals surface area (Å²) in [7, 11) is 0. The minimum atomic E-state index is -4.06. The molecule has 0 radical (unpaired) electrons. The fourth-order valence-corrected chi connectivity index (χ4v) is 3.02. The van der Waals surface area contributed by atoms with E-state index in [1.165, 1.54) is 0 Å². The van der Waals surface area contributed by atoms with E-state index in [1.54, 1.807) is 0 Å². The molecule has 0 aromatic carbocycles. The number of ether oxygens (including phenoxy) is 1. The first-order chi connectivity index (χ1) is 9.02. The van der Waals surface area contributed by atoms with Crippen LogP contribution >= 0.6 is 0 Å². The van der Waals surface area contributed by atoms with Crippen LogP contribution < -0.4 is 11.3 Å². The van der Waals surface area contributed by atoms with Gasteiger partial charge in [-0.15, -0.1) is 0 Å². The molecular formula is C13H21F3N2O. The van der Waals surface area contributed by atoms with Crippen molar-refractivity contribution < 1.29 is 17.9 Å². The maximum Gasteiger partial charge on any atom is 0.391 e. The van der Waals surface area contributed by atoms with Gasteiger partial charge in [0.15, 0.2) is 0 Å². The summed E-state index contributed by atoms with van der Waals surface area (Å²) in [6, 6.07) is -0.144. The van der Waals surface area contributed by atoms with Crippen molar-refractivity contribution in [1.82, 2.24) is 5.43 Å². The summed E-state index contributed by atoms with van der Waals surface area (Å²) in [6.07, 6.45) is 1.35. The second kappa shape index (κ2) is 6.13. The molecule has 0 aromatic heterocycles. The maximum absolute atomic E-state index is 12.6. The lowest BCUT2D eigenvalue weighted by molar-refractivity contribution is -0.184. The Balaban J connectivity index is 1.93. The van der Waals surface area contributed by atoms with Gasteiger partial charge in [0.05, 0.1) is 18.6 Å². The van der Waals surface area contributed by atoms with E-state index in [2.05, 4.69) is 5.43 Å². The number of hydrazine groups is 1. The summed E-state index contributed by atoms with van der Waals surface area (Å²) in [5, 5.41) is 0. The Morgan fingerprint density at radius 1 is 1.26 bits per heavy atom. The highest BCUT2D eigenvalue weighted by Crippen LogP contribution is 2.41. The molecule has 0 amide bonds. The Morgan fingerprint density at radius 3 is 2.42 bits per heavy atom. The second-order valence-electron chi connectivity index (χ2n) is 5.39. The lowest BCUT2D eigenvalue weighted by Crippen LogP contribution is -2.45. The molecule has 2 rings (SSSR count). The molecule has 0 spiro atoms. The highest BCUT2D eigenvalue weighted by molar-refractivity contribution is 5.07. The van der Waals surface area contributed by atoms with Crippen molar-refractivity contribution in [3.63, 3.8) is 0 Å². The van der Waals surface area contributed by atoms with E-state index in [0.29, 0.717) is 19.4 Å². The van der Waals surface area contributed by atoms with Gasteiger partial charge < -0.3 is 4.74 Å². The van der Waals surface area contributed by atoms with E-state index in [-0.39, 0.29) is 24.8 Å². The summed E-state index contributed by atoms with van der Waals surface area (Å²) >= 11 is 0. The summed E-state index contributed by atoms with van der Waals surface area (Å²) in [4.78, 5) is 0. The van der Waals surface area contributed by atoms with Crippen LogP contribution in [0.2, 0.25) is 0 Å². The SMILES string of the molecule is NNC(C1=CCCCO1)C1CCC(C(F)(F)F)CC1. The number of alkyl halides is 3. The molecule has 2 aliphatic rings. The third-order valence-electron chi connectivity index (χ3n) is 4.15. The molecule has 1 aliphatic heterocycles. The number of rotatable bonds is 3. The molecule has 1 saturated carbocycles. The third-order valence-corrected chi connectivity index (χ3v) is 4.15. The van der Waals surface area contributed by atoms with Crippen molar-refractivity contribution in [3.8, 4) is 0 Å². The van der Waals surface area contributed by atoms with Gasteiger partial charge in [0, 0.05) is 0 Å². The number of hydrogen-bond acceptors (Lipinski definition) is 3. The van der Waals surface area contributed by atoms with Crippen LogP contribution in [0.5, 0.6) is 0 Å². The van der Waals surface area contributed by atoms with Gasteiger partial charge in [0.2, 0.25) is 0 Å². The van der Waals surface area contributed by atoms with Crippen LogP contribution in [-0.4, -0.2) is 18.8 Å². The van der Waals surface area contributed by atoms with E-state index >= 15 is 0 Å². The molecule has 3 N–H and O–H groups in total. The van der Waals surface area contributed by atoms with Crippen molar-refractivity contribution in [3.05, 3.63) is 11.8 Å². The summed E-state index contributed by atoms with van der Waals surface area (Å²) in [5.41, 5.74) is 2.72. The summed E-state index contributed by atoms with van der Waals surface area (Å²) in [5.74, 6) is 5.35. The highest BCUT2D eigenvalue weighted by atomic mass is 19.4. The summed E-state index contributed by atoms with van der Waals surface area (Å²) < 4.78 is 43.5. The quantitative estimate of drug-likeness (QED) is 0.616. The van der Waals surface area contributed by atoms with Crippen LogP contribution in [0, 0.1) is 11.8 Å². The first-order valence-electron chi connectivity index (χ1n) is 6.88. The van der Waals surface area contributed by atoms with Gasteiger partial charge in [0.25, 0.3) is 0 Å². The zero-order valence-corrected chi connectivity index (χ0v) is 10.9. The molecule has 1 aliphatic carbocycles. The molecule has 1 atom stereocenters. The predicted molar refractivity (Wildman–Crippen MR) is 65.9 cm³/mol. The minimum absolute atomic E-state index is 0.132. The lowest BCUT2D eigenvalue weighted by atomic mass is 9.77. The average molecular weight is 278 g/mol. The maximum atomic E-state index is 12.6. The molecule has 6 heteroatoms. The van der Waals surface area contributed by atoms with E-state index in [0.717, 1.165) is 18.6 Å². The zero-order valence-electron chi connectivity index (χ0n) is 10.9. The van der Waals surface area contributed by atoms with Gasteiger partial charge in [-0.25, -0.2) is 5.43 Å². The van der Waals surface area contributed by atoms with Crippen LogP contribution in [0.3, 0.4) is 0 Å². The van der Waals surface area contributed by atoms with Crippen molar-refractivity contribution in [2.75, 3.05) is 6.61 Å². The molecule has 3 nitrogen and oxygen atoms in total. The fraction of sp³-hybridized carbons (Fsp3) is 0.846. The van der Waals surface area contributed by atoms with Crippen LogP contribution in [-0.2, 0) is 4.74 Å². The Morgan fingerprint density at radius 2 is 1.95 bits per heavy atom. The Kier molecular flexibility index (Phi) is 4.73. The molecule has 110 valence electrons. The Hall–Kier alpha value is -0.750. The average Bonchev–Trinajstić information content (AvgIpc) is 2.40. The second-order valence-corrected chi connectivity index (χ2v) is 5.39. The molecule has 0 saturated heterocycles. The number of nitrogens with one attached hydrogen (secondary N) is 1. The van der Waals surface area contributed by atoms with Crippen molar-refractivity contribution in [1.29, 1.82) is 0 Å². The first kappa shape index (κ1) is 14.7. The largest absolute Gasteiger partial charge is 0.497 e. The lowest BCUT2D eigenvalue weighted by Gasteiger charge is -2.35. The van der Waals surface area contributed by atoms with E-state index in [4.69, 9.17) is 10.6 Å². The zero-order chi connectivity index (χ0) is 13.9. The molecule has 0 bridgehead atoms. The molecule has 19 heavy (non-hydrogen) atoms. The van der Waals surface area contributed by atoms with Crippen LogP contribution in [0.1, 0.15) is 38.5 Å². The van der Waals surface area contributed by atoms with E-state index in [9.17, 15) is 13.2 Å². The number of allylic oxidation sites excluding steroid dienone is 1. The fourth-order valence-electron chi connectivity index (χ4n) is 3.02. The third kappa shape index (κ3) is 3.63. The van der Waals surface area contributed by atoms with Gasteiger partial charge in [0.1, 0.15) is 5.76 Å². The molecular weight excluding hydrogens is 257 g/mol. The van der Waals surface area contributed by atoms with Gasteiger partial charge >= 0.3 is 6.18 Å². The van der Waals surface area contributed by atoms with Crippen LogP contribution in [0.25, 0.3) is 0 Å². The smallest absolute Gasteiger partial charge is 0.391 e. The normalized spacial score (nSPS) is 30.4. The van der Waals surface area contributed by atoms with Crippen molar-refractivity contribution in [2.45, 2.75) is 50.7 Å². The van der Waals surface area contributed by atoms with Gasteiger partial charge in [-0.2, -0.15) is 13.2 Å². The topological polar surface area (TPSA) is 47.3 Å². The van der Waals surface area contributed by atoms with Crippen molar-refractivity contribution >= 4 is 0 Å². The van der Waals surface area contributed by atoms with Gasteiger partial charge in [-0.3, -0.25) is 5.84 Å². The first-order valence-corrected chi connectivity index (χ1v) is 6.88. The van der Waals surface area contributed by atoms with Crippen molar-refractivity contribution in [2.24, 2.45) is 17.7 Å². The predicted octanol–water partition coefficient (Wildman–Crippen LogP) is 2.88. The van der Waals surface area contributed by atoms with E-state index in [1.807, 2.05) is 6.08 Å². The monoisotopic (exact) mass is 278 g/mol. The Labute approximate surface area is 111 Å². The minimum Gasteiger partial charge on any atom is -0.497 e. The molecule has 1 fully saturated rings. The highest BCUT2D eigenvalue weighted by Gasteiger charge is 2.43.